The van der Waals surface area contributed by atoms with Crippen LogP contribution in [0.4, 0.5) is 11.6 Å². The number of rotatable bonds is 8. The molecule has 0 unspecified atom stereocenters. The van der Waals surface area contributed by atoms with Crippen LogP contribution >= 0.6 is 11.3 Å². The first kappa shape index (κ1) is 24.4. The van der Waals surface area contributed by atoms with Crippen LogP contribution in [0.1, 0.15) is 23.3 Å². The largest absolute Gasteiger partial charge is 0.492 e. The molecule has 9 nitrogen and oxygen atoms in total. The summed E-state index contributed by atoms with van der Waals surface area (Å²) in [5, 5.41) is 4.26. The monoisotopic (exact) mass is 538 g/mol. The van der Waals surface area contributed by atoms with E-state index in [1.165, 1.54) is 41.4 Å². The Bertz CT molecular complexity index is 1510. The van der Waals surface area contributed by atoms with Gasteiger partial charge in [-0.15, -0.1) is 11.3 Å². The second-order valence-electron chi connectivity index (χ2n) is 9.59. The molecule has 0 bridgehead atoms. The first-order valence-corrected chi connectivity index (χ1v) is 15.2. The summed E-state index contributed by atoms with van der Waals surface area (Å²) in [6, 6.07) is 11.9. The number of thiophene rings is 1. The van der Waals surface area contributed by atoms with E-state index in [1.54, 1.807) is 11.3 Å². The van der Waals surface area contributed by atoms with Gasteiger partial charge in [0.1, 0.15) is 18.0 Å². The van der Waals surface area contributed by atoms with E-state index in [0.717, 1.165) is 45.1 Å². The molecule has 0 atom stereocenters. The van der Waals surface area contributed by atoms with Crippen LogP contribution in [-0.4, -0.2) is 71.6 Å². The predicted molar refractivity (Wildman–Crippen MR) is 147 cm³/mol. The van der Waals surface area contributed by atoms with Gasteiger partial charge in [-0.1, -0.05) is 0 Å². The van der Waals surface area contributed by atoms with Gasteiger partial charge in [0, 0.05) is 41.8 Å². The number of likely N-dealkylation sites (tertiary alicyclic amines) is 1. The number of ether oxygens (including phenoxy) is 1. The topological polar surface area (TPSA) is 103 Å². The standard InChI is InChI=1S/C26H30N6O3S2/c1-37(33,34)32-13-9-22-18(17-32)16-23(36-22)24-21-8-10-27-25(21)30-26(29-24)28-19-4-6-20(7-5-19)35-15-14-31-11-2-3-12-31/h4-8,10,16H,2-3,9,11-15,17H2,1H3,(H2,27,28,29,30). The Kier molecular flexibility index (Phi) is 6.62. The van der Waals surface area contributed by atoms with Crippen LogP contribution in [0.25, 0.3) is 21.6 Å². The minimum Gasteiger partial charge on any atom is -0.492 e. The first-order valence-electron chi connectivity index (χ1n) is 12.6. The highest BCUT2D eigenvalue weighted by atomic mass is 32.2. The molecule has 2 aliphatic heterocycles. The van der Waals surface area contributed by atoms with Gasteiger partial charge in [-0.3, -0.25) is 4.90 Å². The maximum absolute atomic E-state index is 12.0. The molecule has 2 N–H and O–H groups in total. The van der Waals surface area contributed by atoms with Crippen molar-refractivity contribution in [3.8, 4) is 16.3 Å². The number of fused-ring (bicyclic) bond motifs is 2. The van der Waals surface area contributed by atoms with Crippen molar-refractivity contribution in [3.63, 3.8) is 0 Å². The third-order valence-corrected chi connectivity index (χ3v) is 9.43. The molecule has 0 spiro atoms. The molecule has 0 saturated carbocycles. The molecule has 1 fully saturated rings. The normalized spacial score (nSPS) is 16.8. The molecule has 1 aromatic carbocycles. The fourth-order valence-corrected chi connectivity index (χ4v) is 6.92. The molecule has 3 aromatic heterocycles. The minimum atomic E-state index is -3.22. The van der Waals surface area contributed by atoms with E-state index in [1.807, 2.05) is 36.5 Å². The van der Waals surface area contributed by atoms with Crippen molar-refractivity contribution in [1.29, 1.82) is 0 Å². The van der Waals surface area contributed by atoms with Crippen molar-refractivity contribution in [2.24, 2.45) is 0 Å². The molecule has 0 amide bonds. The van der Waals surface area contributed by atoms with Crippen LogP contribution in [0.3, 0.4) is 0 Å². The Morgan fingerprint density at radius 2 is 1.92 bits per heavy atom. The van der Waals surface area contributed by atoms with Crippen molar-refractivity contribution < 1.29 is 13.2 Å². The summed E-state index contributed by atoms with van der Waals surface area (Å²) in [5.74, 6) is 1.34. The third kappa shape index (κ3) is 5.35. The van der Waals surface area contributed by atoms with Gasteiger partial charge in [0.25, 0.3) is 0 Å². The van der Waals surface area contributed by atoms with Gasteiger partial charge in [-0.25, -0.2) is 13.4 Å². The zero-order chi connectivity index (χ0) is 25.4. The molecule has 4 aromatic rings. The lowest BCUT2D eigenvalue weighted by Crippen LogP contribution is -2.34. The number of aromatic amines is 1. The Balaban J connectivity index is 1.19. The fraction of sp³-hybridized carbons (Fsp3) is 0.385. The number of nitrogens with one attached hydrogen (secondary N) is 2. The van der Waals surface area contributed by atoms with E-state index < -0.39 is 10.0 Å². The number of H-pyrrole nitrogens is 1. The van der Waals surface area contributed by atoms with Gasteiger partial charge in [0.05, 0.1) is 16.8 Å². The minimum absolute atomic E-state index is 0.406. The highest BCUT2D eigenvalue weighted by Crippen LogP contribution is 2.37. The zero-order valence-corrected chi connectivity index (χ0v) is 22.4. The smallest absolute Gasteiger partial charge is 0.229 e. The Morgan fingerprint density at radius 1 is 1.11 bits per heavy atom. The predicted octanol–water partition coefficient (Wildman–Crippen LogP) is 4.22. The summed E-state index contributed by atoms with van der Waals surface area (Å²) in [7, 11) is -3.22. The number of nitrogens with zero attached hydrogens (tertiary/aromatic N) is 4. The number of hydrogen-bond donors (Lipinski definition) is 2. The molecule has 6 rings (SSSR count). The maximum Gasteiger partial charge on any atom is 0.229 e. The van der Waals surface area contributed by atoms with Crippen LogP contribution in [0.15, 0.2) is 42.6 Å². The van der Waals surface area contributed by atoms with E-state index in [4.69, 9.17) is 9.72 Å². The SMILES string of the molecule is CS(=O)(=O)N1CCc2sc(-c3nc(Nc4ccc(OCCN5CCCC5)cc4)nc4[nH]ccc34)cc2C1. The Hall–Kier alpha value is -2.99. The highest BCUT2D eigenvalue weighted by molar-refractivity contribution is 7.88. The third-order valence-electron chi connectivity index (χ3n) is 6.94. The van der Waals surface area contributed by atoms with Gasteiger partial charge in [-0.2, -0.15) is 9.29 Å². The maximum atomic E-state index is 12.0. The fourth-order valence-electron chi connectivity index (χ4n) is 4.95. The second kappa shape index (κ2) is 10.1. The number of benzene rings is 1. The van der Waals surface area contributed by atoms with E-state index in [9.17, 15) is 8.42 Å². The molecule has 0 radical (unpaired) electrons. The molecule has 2 aliphatic rings. The first-order chi connectivity index (χ1) is 17.9. The van der Waals surface area contributed by atoms with Crippen LogP contribution in [0.2, 0.25) is 0 Å². The molecule has 194 valence electrons. The summed E-state index contributed by atoms with van der Waals surface area (Å²) in [5.41, 5.74) is 3.51. The summed E-state index contributed by atoms with van der Waals surface area (Å²) >= 11 is 1.68. The lowest BCUT2D eigenvalue weighted by atomic mass is 10.1. The second-order valence-corrected chi connectivity index (χ2v) is 12.7. The van der Waals surface area contributed by atoms with Crippen LogP contribution in [0, 0.1) is 0 Å². The van der Waals surface area contributed by atoms with Crippen molar-refractivity contribution in [2.45, 2.75) is 25.8 Å². The lowest BCUT2D eigenvalue weighted by Gasteiger charge is -2.24. The molecule has 11 heteroatoms. The van der Waals surface area contributed by atoms with E-state index >= 15 is 0 Å². The lowest BCUT2D eigenvalue weighted by molar-refractivity contribution is 0.238. The van der Waals surface area contributed by atoms with E-state index in [0.29, 0.717) is 32.1 Å². The van der Waals surface area contributed by atoms with Crippen molar-refractivity contribution in [1.82, 2.24) is 24.2 Å². The summed E-state index contributed by atoms with van der Waals surface area (Å²) in [6.45, 7) is 4.92. The average Bonchev–Trinajstić information content (AvgIpc) is 3.64. The Morgan fingerprint density at radius 3 is 2.70 bits per heavy atom. The van der Waals surface area contributed by atoms with Gasteiger partial charge in [0.15, 0.2) is 0 Å². The van der Waals surface area contributed by atoms with Gasteiger partial charge >= 0.3 is 0 Å². The molecular formula is C26H30N6O3S2. The van der Waals surface area contributed by atoms with Crippen molar-refractivity contribution in [2.75, 3.05) is 44.4 Å². The molecular weight excluding hydrogens is 508 g/mol. The summed E-state index contributed by atoms with van der Waals surface area (Å²) in [4.78, 5) is 17.4. The molecule has 0 aliphatic carbocycles. The average molecular weight is 539 g/mol. The molecule has 1 saturated heterocycles. The summed E-state index contributed by atoms with van der Waals surface area (Å²) < 4.78 is 31.5. The Labute approximate surface area is 220 Å². The number of anilines is 2. The molecule has 5 heterocycles. The van der Waals surface area contributed by atoms with E-state index in [-0.39, 0.29) is 0 Å². The van der Waals surface area contributed by atoms with Crippen LogP contribution in [-0.2, 0) is 23.0 Å². The molecule has 37 heavy (non-hydrogen) atoms. The quantitative estimate of drug-likeness (QED) is 0.346. The van der Waals surface area contributed by atoms with Gasteiger partial charge < -0.3 is 15.0 Å². The van der Waals surface area contributed by atoms with Crippen molar-refractivity contribution >= 4 is 44.0 Å². The highest BCUT2D eigenvalue weighted by Gasteiger charge is 2.26. The van der Waals surface area contributed by atoms with Gasteiger partial charge in [-0.05, 0) is 74.3 Å². The summed E-state index contributed by atoms with van der Waals surface area (Å²) in [6.07, 6.45) is 6.42. The van der Waals surface area contributed by atoms with Crippen molar-refractivity contribution in [3.05, 3.63) is 53.0 Å². The van der Waals surface area contributed by atoms with E-state index in [2.05, 4.69) is 26.3 Å². The van der Waals surface area contributed by atoms with Crippen LogP contribution in [0.5, 0.6) is 5.75 Å². The number of aromatic nitrogens is 3. The zero-order valence-electron chi connectivity index (χ0n) is 20.7. The van der Waals surface area contributed by atoms with Gasteiger partial charge in [0.2, 0.25) is 16.0 Å². The number of sulfonamides is 1. The number of hydrogen-bond acceptors (Lipinski definition) is 8. The van der Waals surface area contributed by atoms with Crippen LogP contribution < -0.4 is 10.1 Å².